The zero-order valence-electron chi connectivity index (χ0n) is 14.0. The highest BCUT2D eigenvalue weighted by atomic mass is 16.2. The molecule has 0 aromatic heterocycles. The predicted molar refractivity (Wildman–Crippen MR) is 101 cm³/mol. The summed E-state index contributed by atoms with van der Waals surface area (Å²) in [5.41, 5.74) is 3.11. The molecule has 1 fully saturated rings. The van der Waals surface area contributed by atoms with Crippen LogP contribution >= 0.6 is 0 Å². The fourth-order valence-corrected chi connectivity index (χ4v) is 4.47. The van der Waals surface area contributed by atoms with Crippen LogP contribution in [0, 0.1) is 0 Å². The summed E-state index contributed by atoms with van der Waals surface area (Å²) >= 11 is 0. The zero-order chi connectivity index (χ0) is 16.9. The Kier molecular flexibility index (Phi) is 3.19. The molecule has 0 aliphatic carbocycles. The van der Waals surface area contributed by atoms with Crippen molar-refractivity contribution in [1.29, 1.82) is 0 Å². The third kappa shape index (κ3) is 2.19. The number of anilines is 1. The normalized spacial score (nSPS) is 22.5. The van der Waals surface area contributed by atoms with E-state index in [4.69, 9.17) is 0 Å². The van der Waals surface area contributed by atoms with Gasteiger partial charge in [-0.15, -0.1) is 0 Å². The van der Waals surface area contributed by atoms with Gasteiger partial charge in [-0.05, 0) is 40.9 Å². The lowest BCUT2D eigenvalue weighted by atomic mass is 9.81. The standard InChI is InChI=1S/C22H20N2O/c25-21-22(19-10-3-4-11-20(19)23-21)12-13-24(15-22)14-17-8-5-7-16-6-1-2-9-18(16)17/h1-11H,12-15H2,(H,23,25). The van der Waals surface area contributed by atoms with Gasteiger partial charge in [0.1, 0.15) is 0 Å². The topological polar surface area (TPSA) is 32.3 Å². The van der Waals surface area contributed by atoms with E-state index in [1.165, 1.54) is 21.9 Å². The van der Waals surface area contributed by atoms with Gasteiger partial charge in [-0.2, -0.15) is 0 Å². The van der Waals surface area contributed by atoms with Crippen LogP contribution in [0.15, 0.2) is 66.7 Å². The van der Waals surface area contributed by atoms with Gasteiger partial charge in [0.15, 0.2) is 0 Å². The van der Waals surface area contributed by atoms with E-state index in [1.54, 1.807) is 0 Å². The zero-order valence-corrected chi connectivity index (χ0v) is 14.0. The monoisotopic (exact) mass is 328 g/mol. The Bertz CT molecular complexity index is 975. The quantitative estimate of drug-likeness (QED) is 0.773. The molecule has 1 N–H and O–H groups in total. The van der Waals surface area contributed by atoms with Gasteiger partial charge in [-0.3, -0.25) is 9.69 Å². The fourth-order valence-electron chi connectivity index (χ4n) is 4.47. The minimum absolute atomic E-state index is 0.161. The lowest BCUT2D eigenvalue weighted by molar-refractivity contribution is -0.120. The molecule has 25 heavy (non-hydrogen) atoms. The SMILES string of the molecule is O=C1Nc2ccccc2C12CCN(Cc1cccc3ccccc13)C2. The summed E-state index contributed by atoms with van der Waals surface area (Å²) in [6, 6.07) is 23.1. The summed E-state index contributed by atoms with van der Waals surface area (Å²) in [5.74, 6) is 0.161. The second-order valence-electron chi connectivity index (χ2n) is 7.18. The molecular formula is C22H20N2O. The molecule has 0 saturated carbocycles. The van der Waals surface area contributed by atoms with Crippen molar-refractivity contribution in [2.75, 3.05) is 18.4 Å². The number of likely N-dealkylation sites (tertiary alicyclic amines) is 1. The lowest BCUT2D eigenvalue weighted by Crippen LogP contribution is -2.37. The van der Waals surface area contributed by atoms with Crippen molar-refractivity contribution in [3.63, 3.8) is 0 Å². The van der Waals surface area contributed by atoms with Crippen molar-refractivity contribution < 1.29 is 4.79 Å². The smallest absolute Gasteiger partial charge is 0.236 e. The van der Waals surface area contributed by atoms with Crippen molar-refractivity contribution in [2.45, 2.75) is 18.4 Å². The summed E-state index contributed by atoms with van der Waals surface area (Å²) < 4.78 is 0. The van der Waals surface area contributed by atoms with Crippen LogP contribution in [-0.2, 0) is 16.8 Å². The molecule has 1 spiro atoms. The van der Waals surface area contributed by atoms with Gasteiger partial charge < -0.3 is 5.32 Å². The maximum Gasteiger partial charge on any atom is 0.236 e. The van der Waals surface area contributed by atoms with Crippen LogP contribution < -0.4 is 5.32 Å². The molecule has 0 radical (unpaired) electrons. The number of benzene rings is 3. The van der Waals surface area contributed by atoms with Crippen molar-refractivity contribution in [1.82, 2.24) is 4.90 Å². The average Bonchev–Trinajstić information content (AvgIpc) is 3.18. The molecule has 1 atom stereocenters. The summed E-state index contributed by atoms with van der Waals surface area (Å²) in [6.07, 6.45) is 0.889. The number of para-hydroxylation sites is 1. The first kappa shape index (κ1) is 14.7. The van der Waals surface area contributed by atoms with Gasteiger partial charge in [0, 0.05) is 18.8 Å². The molecule has 2 heterocycles. The Morgan fingerprint density at radius 3 is 2.72 bits per heavy atom. The van der Waals surface area contributed by atoms with E-state index in [2.05, 4.69) is 58.7 Å². The van der Waals surface area contributed by atoms with Crippen molar-refractivity contribution in [3.05, 3.63) is 77.9 Å². The summed E-state index contributed by atoms with van der Waals surface area (Å²) in [7, 11) is 0. The van der Waals surface area contributed by atoms with Gasteiger partial charge in [0.2, 0.25) is 5.91 Å². The van der Waals surface area contributed by atoms with E-state index in [-0.39, 0.29) is 11.3 Å². The molecule has 3 nitrogen and oxygen atoms in total. The molecule has 1 amide bonds. The lowest BCUT2D eigenvalue weighted by Gasteiger charge is -2.23. The molecule has 1 unspecified atom stereocenters. The van der Waals surface area contributed by atoms with Gasteiger partial charge in [-0.25, -0.2) is 0 Å². The predicted octanol–water partition coefficient (Wildman–Crippen LogP) is 3.94. The molecule has 0 bridgehead atoms. The second kappa shape index (κ2) is 5.43. The molecule has 2 aliphatic heterocycles. The fraction of sp³-hybridized carbons (Fsp3) is 0.227. The Balaban J connectivity index is 1.46. The number of fused-ring (bicyclic) bond motifs is 3. The highest BCUT2D eigenvalue weighted by molar-refractivity contribution is 6.06. The minimum Gasteiger partial charge on any atom is -0.325 e. The molecule has 3 aromatic carbocycles. The van der Waals surface area contributed by atoms with Crippen LogP contribution in [0.4, 0.5) is 5.69 Å². The third-order valence-corrected chi connectivity index (χ3v) is 5.75. The van der Waals surface area contributed by atoms with Crippen LogP contribution in [0.2, 0.25) is 0 Å². The summed E-state index contributed by atoms with van der Waals surface area (Å²) in [6.45, 7) is 2.63. The molecule has 1 saturated heterocycles. The van der Waals surface area contributed by atoms with Gasteiger partial charge in [0.25, 0.3) is 0 Å². The maximum atomic E-state index is 12.7. The Hall–Kier alpha value is -2.65. The van der Waals surface area contributed by atoms with Gasteiger partial charge in [0.05, 0.1) is 5.41 Å². The van der Waals surface area contributed by atoms with Crippen LogP contribution in [0.3, 0.4) is 0 Å². The van der Waals surface area contributed by atoms with E-state index < -0.39 is 0 Å². The number of carbonyl (C=O) groups is 1. The number of hydrogen-bond acceptors (Lipinski definition) is 2. The van der Waals surface area contributed by atoms with Crippen LogP contribution in [0.25, 0.3) is 10.8 Å². The van der Waals surface area contributed by atoms with Crippen LogP contribution in [0.5, 0.6) is 0 Å². The molecule has 5 rings (SSSR count). The third-order valence-electron chi connectivity index (χ3n) is 5.75. The number of rotatable bonds is 2. The Morgan fingerprint density at radius 2 is 1.76 bits per heavy atom. The van der Waals surface area contributed by atoms with Gasteiger partial charge >= 0.3 is 0 Å². The van der Waals surface area contributed by atoms with E-state index in [0.29, 0.717) is 0 Å². The number of amides is 1. The van der Waals surface area contributed by atoms with Gasteiger partial charge in [-0.1, -0.05) is 60.7 Å². The number of nitrogens with one attached hydrogen (secondary N) is 1. The number of hydrogen-bond donors (Lipinski definition) is 1. The highest BCUT2D eigenvalue weighted by Gasteiger charge is 2.50. The molecule has 124 valence electrons. The molecule has 3 heteroatoms. The van der Waals surface area contributed by atoms with E-state index in [1.807, 2.05) is 18.2 Å². The number of carbonyl (C=O) groups excluding carboxylic acids is 1. The Labute approximate surface area is 147 Å². The van der Waals surface area contributed by atoms with Crippen LogP contribution in [-0.4, -0.2) is 23.9 Å². The molecule has 3 aromatic rings. The average molecular weight is 328 g/mol. The first-order valence-electron chi connectivity index (χ1n) is 8.86. The van der Waals surface area contributed by atoms with Crippen molar-refractivity contribution in [2.24, 2.45) is 0 Å². The molecule has 2 aliphatic rings. The summed E-state index contributed by atoms with van der Waals surface area (Å²) in [5, 5.41) is 5.66. The van der Waals surface area contributed by atoms with E-state index in [9.17, 15) is 4.79 Å². The first-order chi connectivity index (χ1) is 12.3. The van der Waals surface area contributed by atoms with Crippen molar-refractivity contribution in [3.8, 4) is 0 Å². The maximum absolute atomic E-state index is 12.7. The van der Waals surface area contributed by atoms with E-state index in [0.717, 1.165) is 31.7 Å². The minimum atomic E-state index is -0.374. The largest absolute Gasteiger partial charge is 0.325 e. The van der Waals surface area contributed by atoms with Crippen LogP contribution in [0.1, 0.15) is 17.5 Å². The number of nitrogens with zero attached hydrogens (tertiary/aromatic N) is 1. The first-order valence-corrected chi connectivity index (χ1v) is 8.86. The van der Waals surface area contributed by atoms with Crippen molar-refractivity contribution >= 4 is 22.4 Å². The Morgan fingerprint density at radius 1 is 0.960 bits per heavy atom. The second-order valence-corrected chi connectivity index (χ2v) is 7.18. The van der Waals surface area contributed by atoms with E-state index >= 15 is 0 Å². The highest BCUT2D eigenvalue weighted by Crippen LogP contribution is 2.44. The molecular weight excluding hydrogens is 308 g/mol. The summed E-state index contributed by atoms with van der Waals surface area (Å²) in [4.78, 5) is 15.1.